The smallest absolute Gasteiger partial charge is 0.123 e. The number of rotatable bonds is 2. The molecule has 2 unspecified atom stereocenters. The number of benzene rings is 2. The molecule has 0 radical (unpaired) electrons. The molecule has 1 saturated heterocycles. The Morgan fingerprint density at radius 1 is 1.00 bits per heavy atom. The van der Waals surface area contributed by atoms with E-state index >= 15 is 0 Å². The van der Waals surface area contributed by atoms with Crippen LogP contribution in [-0.2, 0) is 0 Å². The van der Waals surface area contributed by atoms with Crippen LogP contribution in [-0.4, -0.2) is 40.3 Å². The number of fused-ring (bicyclic) bond motifs is 3. The van der Waals surface area contributed by atoms with Gasteiger partial charge in [0.15, 0.2) is 0 Å². The number of halogens is 2. The SMILES string of the molecule is CC(C)(C)CN1CCC(O)C(n2c3ccc(F)cc3c3cc(F)ccc32)C1. The minimum Gasteiger partial charge on any atom is -0.391 e. The van der Waals surface area contributed by atoms with Crippen LogP contribution >= 0.6 is 0 Å². The minimum atomic E-state index is -0.491. The maximum atomic E-state index is 13.9. The molecule has 2 aromatic carbocycles. The highest BCUT2D eigenvalue weighted by Crippen LogP contribution is 2.36. The van der Waals surface area contributed by atoms with Gasteiger partial charge in [-0.25, -0.2) is 8.78 Å². The van der Waals surface area contributed by atoms with Gasteiger partial charge in [0.05, 0.1) is 12.1 Å². The maximum Gasteiger partial charge on any atom is 0.123 e. The Hall–Kier alpha value is -1.98. The third kappa shape index (κ3) is 3.46. The van der Waals surface area contributed by atoms with Gasteiger partial charge < -0.3 is 14.6 Å². The molecule has 1 aromatic heterocycles. The average Bonchev–Trinajstić information content (AvgIpc) is 2.88. The number of hydrogen-bond acceptors (Lipinski definition) is 2. The molecule has 0 saturated carbocycles. The fourth-order valence-corrected chi connectivity index (χ4v) is 4.41. The standard InChI is InChI=1S/C22H26F2N2O/c1-22(2,3)13-25-9-8-21(27)20(12-25)26-18-6-4-14(23)10-16(18)17-11-15(24)5-7-19(17)26/h4-7,10-11,20-21,27H,8-9,12-13H2,1-3H3. The van der Waals surface area contributed by atoms with Gasteiger partial charge in [0.2, 0.25) is 0 Å². The number of aliphatic hydroxyl groups excluding tert-OH is 1. The van der Waals surface area contributed by atoms with Crippen molar-refractivity contribution < 1.29 is 13.9 Å². The van der Waals surface area contributed by atoms with Crippen LogP contribution in [0.5, 0.6) is 0 Å². The monoisotopic (exact) mass is 372 g/mol. The molecular weight excluding hydrogens is 346 g/mol. The van der Waals surface area contributed by atoms with Crippen LogP contribution in [0.1, 0.15) is 33.2 Å². The molecule has 2 heterocycles. The molecule has 4 rings (SSSR count). The van der Waals surface area contributed by atoms with Crippen molar-refractivity contribution in [3.8, 4) is 0 Å². The molecule has 5 heteroatoms. The molecule has 1 aliphatic rings. The first-order valence-corrected chi connectivity index (χ1v) is 9.52. The van der Waals surface area contributed by atoms with Crippen LogP contribution in [0.2, 0.25) is 0 Å². The van der Waals surface area contributed by atoms with E-state index in [2.05, 4.69) is 30.2 Å². The Morgan fingerprint density at radius 2 is 1.56 bits per heavy atom. The largest absolute Gasteiger partial charge is 0.391 e. The normalized spacial score (nSPS) is 22.0. The molecule has 144 valence electrons. The highest BCUT2D eigenvalue weighted by molar-refractivity contribution is 6.08. The van der Waals surface area contributed by atoms with E-state index in [1.165, 1.54) is 24.3 Å². The van der Waals surface area contributed by atoms with Gasteiger partial charge in [-0.3, -0.25) is 0 Å². The molecule has 0 spiro atoms. The Morgan fingerprint density at radius 3 is 2.07 bits per heavy atom. The third-order valence-corrected chi connectivity index (χ3v) is 5.39. The van der Waals surface area contributed by atoms with Crippen molar-refractivity contribution in [2.24, 2.45) is 5.41 Å². The van der Waals surface area contributed by atoms with Crippen molar-refractivity contribution in [2.75, 3.05) is 19.6 Å². The fraction of sp³-hybridized carbons (Fsp3) is 0.455. The van der Waals surface area contributed by atoms with Crippen molar-refractivity contribution in [1.82, 2.24) is 9.47 Å². The van der Waals surface area contributed by atoms with Crippen molar-refractivity contribution in [1.29, 1.82) is 0 Å². The van der Waals surface area contributed by atoms with Crippen molar-refractivity contribution in [2.45, 2.75) is 39.3 Å². The molecule has 1 aliphatic heterocycles. The maximum absolute atomic E-state index is 13.9. The molecule has 0 aliphatic carbocycles. The average molecular weight is 372 g/mol. The third-order valence-electron chi connectivity index (χ3n) is 5.39. The van der Waals surface area contributed by atoms with Gasteiger partial charge in [0.1, 0.15) is 11.6 Å². The molecule has 3 nitrogen and oxygen atoms in total. The van der Waals surface area contributed by atoms with E-state index in [1.807, 2.05) is 0 Å². The Labute approximate surface area is 158 Å². The summed E-state index contributed by atoms with van der Waals surface area (Å²) >= 11 is 0. The van der Waals surface area contributed by atoms with Crippen LogP contribution in [0.15, 0.2) is 36.4 Å². The first-order chi connectivity index (χ1) is 12.7. The number of aliphatic hydroxyl groups is 1. The summed E-state index contributed by atoms with van der Waals surface area (Å²) in [6, 6.07) is 9.07. The highest BCUT2D eigenvalue weighted by Gasteiger charge is 2.32. The summed E-state index contributed by atoms with van der Waals surface area (Å²) in [5, 5.41) is 12.2. The molecule has 27 heavy (non-hydrogen) atoms. The molecule has 1 fully saturated rings. The first kappa shape index (κ1) is 18.4. The molecule has 0 bridgehead atoms. The Kier molecular flexibility index (Phi) is 4.47. The van der Waals surface area contributed by atoms with E-state index < -0.39 is 6.10 Å². The number of hydrogen-bond donors (Lipinski definition) is 1. The van der Waals surface area contributed by atoms with Gasteiger partial charge in [-0.1, -0.05) is 20.8 Å². The summed E-state index contributed by atoms with van der Waals surface area (Å²) in [6.45, 7) is 9.13. The summed E-state index contributed by atoms with van der Waals surface area (Å²) in [4.78, 5) is 2.38. The van der Waals surface area contributed by atoms with Gasteiger partial charge in [0, 0.05) is 41.4 Å². The molecule has 2 atom stereocenters. The lowest BCUT2D eigenvalue weighted by molar-refractivity contribution is 0.0241. The van der Waals surface area contributed by atoms with Gasteiger partial charge in [0.25, 0.3) is 0 Å². The van der Waals surface area contributed by atoms with E-state index in [4.69, 9.17) is 0 Å². The lowest BCUT2D eigenvalue weighted by atomic mass is 9.93. The number of nitrogens with zero attached hydrogens (tertiary/aromatic N) is 2. The van der Waals surface area contributed by atoms with E-state index in [0.717, 1.165) is 24.1 Å². The van der Waals surface area contributed by atoms with Crippen LogP contribution in [0.3, 0.4) is 0 Å². The Balaban J connectivity index is 1.86. The zero-order valence-electron chi connectivity index (χ0n) is 16.0. The van der Waals surface area contributed by atoms with Crippen molar-refractivity contribution in [3.05, 3.63) is 48.0 Å². The molecule has 3 aromatic rings. The number of aromatic nitrogens is 1. The second-order valence-electron chi connectivity index (χ2n) is 8.91. The number of likely N-dealkylation sites (tertiary alicyclic amines) is 1. The topological polar surface area (TPSA) is 28.4 Å². The summed E-state index contributed by atoms with van der Waals surface area (Å²) in [5.74, 6) is -0.686. The summed E-state index contributed by atoms with van der Waals surface area (Å²) in [5.41, 5.74) is 1.83. The minimum absolute atomic E-state index is 0.156. The van der Waals surface area contributed by atoms with E-state index in [0.29, 0.717) is 23.7 Å². The van der Waals surface area contributed by atoms with Crippen LogP contribution in [0.4, 0.5) is 8.78 Å². The van der Waals surface area contributed by atoms with Crippen LogP contribution in [0, 0.1) is 17.0 Å². The fourth-order valence-electron chi connectivity index (χ4n) is 4.41. The van der Waals surface area contributed by atoms with E-state index in [-0.39, 0.29) is 23.1 Å². The second kappa shape index (κ2) is 6.57. The van der Waals surface area contributed by atoms with E-state index in [1.54, 1.807) is 12.1 Å². The number of piperidine rings is 1. The predicted octanol–water partition coefficient (Wildman–Crippen LogP) is 4.73. The van der Waals surface area contributed by atoms with Gasteiger partial charge >= 0.3 is 0 Å². The van der Waals surface area contributed by atoms with Crippen molar-refractivity contribution >= 4 is 21.8 Å². The predicted molar refractivity (Wildman–Crippen MR) is 105 cm³/mol. The first-order valence-electron chi connectivity index (χ1n) is 9.52. The zero-order chi connectivity index (χ0) is 19.3. The Bertz CT molecular complexity index is 930. The summed E-state index contributed by atoms with van der Waals surface area (Å²) in [6.07, 6.45) is 0.194. The zero-order valence-corrected chi connectivity index (χ0v) is 16.0. The quantitative estimate of drug-likeness (QED) is 0.705. The van der Waals surface area contributed by atoms with Gasteiger partial charge in [-0.05, 0) is 48.2 Å². The lowest BCUT2D eigenvalue weighted by Crippen LogP contribution is -2.46. The molecule has 0 amide bonds. The van der Waals surface area contributed by atoms with Crippen LogP contribution < -0.4 is 0 Å². The van der Waals surface area contributed by atoms with Gasteiger partial charge in [-0.2, -0.15) is 0 Å². The van der Waals surface area contributed by atoms with Crippen molar-refractivity contribution in [3.63, 3.8) is 0 Å². The highest BCUT2D eigenvalue weighted by atomic mass is 19.1. The van der Waals surface area contributed by atoms with Gasteiger partial charge in [-0.15, -0.1) is 0 Å². The van der Waals surface area contributed by atoms with E-state index in [9.17, 15) is 13.9 Å². The summed E-state index contributed by atoms with van der Waals surface area (Å²) < 4.78 is 29.8. The molecule has 1 N–H and O–H groups in total. The lowest BCUT2D eigenvalue weighted by Gasteiger charge is -2.40. The van der Waals surface area contributed by atoms with Crippen LogP contribution in [0.25, 0.3) is 21.8 Å². The second-order valence-corrected chi connectivity index (χ2v) is 8.91. The summed E-state index contributed by atoms with van der Waals surface area (Å²) in [7, 11) is 0. The molecular formula is C22H26F2N2O.